The minimum absolute atomic E-state index is 0.223. The van der Waals surface area contributed by atoms with Crippen LogP contribution in [0.1, 0.15) is 19.8 Å². The third-order valence-corrected chi connectivity index (χ3v) is 3.23. The van der Waals surface area contributed by atoms with Crippen LogP contribution in [-0.4, -0.2) is 35.1 Å². The van der Waals surface area contributed by atoms with Crippen molar-refractivity contribution >= 4 is 5.97 Å². The van der Waals surface area contributed by atoms with Crippen molar-refractivity contribution < 1.29 is 9.90 Å². The Morgan fingerprint density at radius 2 is 2.27 bits per heavy atom. The first kappa shape index (κ1) is 7.10. The van der Waals surface area contributed by atoms with Gasteiger partial charge in [0.15, 0.2) is 0 Å². The van der Waals surface area contributed by atoms with Gasteiger partial charge in [-0.25, -0.2) is 0 Å². The predicted molar refractivity (Wildman–Crippen MR) is 40.3 cm³/mol. The van der Waals surface area contributed by atoms with E-state index in [1.54, 1.807) is 0 Å². The third kappa shape index (κ3) is 0.805. The van der Waals surface area contributed by atoms with E-state index in [1.165, 1.54) is 6.42 Å². The molecule has 1 aliphatic heterocycles. The monoisotopic (exact) mass is 155 g/mol. The molecule has 0 radical (unpaired) electrons. The molecule has 3 atom stereocenters. The molecule has 2 fully saturated rings. The fourth-order valence-corrected chi connectivity index (χ4v) is 2.30. The smallest absolute Gasteiger partial charge is 0.320 e. The molecule has 1 saturated carbocycles. The summed E-state index contributed by atoms with van der Waals surface area (Å²) in [4.78, 5) is 12.7. The Morgan fingerprint density at radius 1 is 1.64 bits per heavy atom. The average Bonchev–Trinajstić information content (AvgIpc) is 2.50. The largest absolute Gasteiger partial charge is 0.480 e. The zero-order valence-corrected chi connectivity index (χ0v) is 6.87. The van der Waals surface area contributed by atoms with Gasteiger partial charge in [0.25, 0.3) is 0 Å². The first-order chi connectivity index (χ1) is 5.04. The number of carboxylic acids is 1. The predicted octanol–water partition coefficient (Wildman–Crippen LogP) is 0.554. The minimum atomic E-state index is -0.666. The van der Waals surface area contributed by atoms with Crippen LogP contribution in [0.5, 0.6) is 0 Å². The van der Waals surface area contributed by atoms with E-state index in [0.717, 1.165) is 6.42 Å². The van der Waals surface area contributed by atoms with Gasteiger partial charge >= 0.3 is 5.97 Å². The van der Waals surface area contributed by atoms with Crippen LogP contribution < -0.4 is 0 Å². The summed E-state index contributed by atoms with van der Waals surface area (Å²) in [5, 5.41) is 8.79. The Bertz CT molecular complexity index is 216. The average molecular weight is 155 g/mol. The standard InChI is InChI=1S/C8H13NO2/c1-8-3-5(7(10)11)9(2)6(8)4-8/h5-6H,3-4H2,1-2H3,(H,10,11)/t5?,6-,8+/m1/s1. The number of likely N-dealkylation sites (N-methyl/N-ethyl adjacent to an activating group) is 1. The van der Waals surface area contributed by atoms with Crippen molar-refractivity contribution in [3.8, 4) is 0 Å². The highest BCUT2D eigenvalue weighted by Crippen LogP contribution is 2.58. The number of likely N-dealkylation sites (tertiary alicyclic amines) is 1. The summed E-state index contributed by atoms with van der Waals surface area (Å²) in [5.41, 5.74) is 0.331. The fraction of sp³-hybridized carbons (Fsp3) is 0.875. The molecule has 62 valence electrons. The van der Waals surface area contributed by atoms with E-state index in [-0.39, 0.29) is 6.04 Å². The quantitative estimate of drug-likeness (QED) is 0.601. The van der Waals surface area contributed by atoms with Crippen LogP contribution >= 0.6 is 0 Å². The number of rotatable bonds is 1. The normalized spacial score (nSPS) is 48.9. The molecule has 0 amide bonds. The minimum Gasteiger partial charge on any atom is -0.480 e. The second-order valence-electron chi connectivity index (χ2n) is 4.10. The zero-order valence-electron chi connectivity index (χ0n) is 6.87. The van der Waals surface area contributed by atoms with Crippen LogP contribution in [0, 0.1) is 5.41 Å². The molecule has 0 spiro atoms. The van der Waals surface area contributed by atoms with E-state index >= 15 is 0 Å². The van der Waals surface area contributed by atoms with Gasteiger partial charge in [-0.3, -0.25) is 9.69 Å². The van der Waals surface area contributed by atoms with Crippen LogP contribution in [0.25, 0.3) is 0 Å². The second kappa shape index (κ2) is 1.78. The highest BCUT2D eigenvalue weighted by Gasteiger charge is 2.61. The van der Waals surface area contributed by atoms with Crippen LogP contribution in [-0.2, 0) is 4.79 Å². The lowest BCUT2D eigenvalue weighted by Gasteiger charge is -2.17. The van der Waals surface area contributed by atoms with Gasteiger partial charge in [-0.1, -0.05) is 6.92 Å². The first-order valence-electron chi connectivity index (χ1n) is 3.99. The maximum Gasteiger partial charge on any atom is 0.320 e. The van der Waals surface area contributed by atoms with Crippen molar-refractivity contribution in [2.75, 3.05) is 7.05 Å². The molecule has 1 N–H and O–H groups in total. The lowest BCUT2D eigenvalue weighted by molar-refractivity contribution is -0.142. The van der Waals surface area contributed by atoms with Crippen molar-refractivity contribution in [1.29, 1.82) is 0 Å². The molecule has 0 aromatic rings. The Labute approximate surface area is 66.0 Å². The molecule has 2 rings (SSSR count). The number of carbonyl (C=O) groups is 1. The second-order valence-corrected chi connectivity index (χ2v) is 4.10. The highest BCUT2D eigenvalue weighted by atomic mass is 16.4. The summed E-state index contributed by atoms with van der Waals surface area (Å²) >= 11 is 0. The number of nitrogens with zero attached hydrogens (tertiary/aromatic N) is 1. The summed E-state index contributed by atoms with van der Waals surface area (Å²) < 4.78 is 0. The molecule has 1 heterocycles. The summed E-state index contributed by atoms with van der Waals surface area (Å²) in [6.45, 7) is 2.18. The van der Waals surface area contributed by atoms with E-state index < -0.39 is 5.97 Å². The Kier molecular flexibility index (Phi) is 1.15. The summed E-state index contributed by atoms with van der Waals surface area (Å²) in [6, 6.07) is 0.322. The maximum absolute atomic E-state index is 10.7. The molecule has 1 aliphatic carbocycles. The number of piperidine rings is 1. The van der Waals surface area contributed by atoms with Crippen molar-refractivity contribution in [3.63, 3.8) is 0 Å². The molecular weight excluding hydrogens is 142 g/mol. The van der Waals surface area contributed by atoms with Gasteiger partial charge < -0.3 is 5.11 Å². The fourth-order valence-electron chi connectivity index (χ4n) is 2.30. The molecule has 0 aromatic heterocycles. The lowest BCUT2D eigenvalue weighted by atomic mass is 10.0. The SMILES string of the molecule is CN1C(C(=O)O)C[C@@]2(C)C[C@@H]12. The summed E-state index contributed by atoms with van der Waals surface area (Å²) in [6.07, 6.45) is 2.02. The Balaban J connectivity index is 2.14. The number of hydrogen-bond acceptors (Lipinski definition) is 2. The van der Waals surface area contributed by atoms with Crippen LogP contribution in [0.4, 0.5) is 0 Å². The molecule has 11 heavy (non-hydrogen) atoms. The Hall–Kier alpha value is -0.570. The van der Waals surface area contributed by atoms with Crippen LogP contribution in [0.2, 0.25) is 0 Å². The van der Waals surface area contributed by atoms with Gasteiger partial charge in [-0.15, -0.1) is 0 Å². The van der Waals surface area contributed by atoms with Crippen molar-refractivity contribution in [3.05, 3.63) is 0 Å². The van der Waals surface area contributed by atoms with Gasteiger partial charge in [0.1, 0.15) is 6.04 Å². The number of aliphatic carboxylic acids is 1. The molecule has 0 bridgehead atoms. The maximum atomic E-state index is 10.7. The molecule has 1 saturated heterocycles. The first-order valence-corrected chi connectivity index (χ1v) is 3.99. The Morgan fingerprint density at radius 3 is 2.55 bits per heavy atom. The van der Waals surface area contributed by atoms with E-state index in [9.17, 15) is 4.79 Å². The topological polar surface area (TPSA) is 40.5 Å². The third-order valence-electron chi connectivity index (χ3n) is 3.23. The molecular formula is C8H13NO2. The van der Waals surface area contributed by atoms with E-state index in [0.29, 0.717) is 11.5 Å². The van der Waals surface area contributed by atoms with E-state index in [4.69, 9.17) is 5.11 Å². The molecule has 3 heteroatoms. The molecule has 2 aliphatic rings. The van der Waals surface area contributed by atoms with E-state index in [2.05, 4.69) is 6.92 Å². The highest BCUT2D eigenvalue weighted by molar-refractivity contribution is 5.74. The lowest BCUT2D eigenvalue weighted by Crippen LogP contribution is -2.35. The van der Waals surface area contributed by atoms with Crippen molar-refractivity contribution in [2.45, 2.75) is 31.8 Å². The van der Waals surface area contributed by atoms with Gasteiger partial charge in [0, 0.05) is 6.04 Å². The van der Waals surface area contributed by atoms with Gasteiger partial charge in [0.2, 0.25) is 0 Å². The molecule has 0 aromatic carbocycles. The number of hydrogen-bond donors (Lipinski definition) is 1. The number of carboxylic acid groups (broad SMARTS) is 1. The van der Waals surface area contributed by atoms with Crippen molar-refractivity contribution in [2.24, 2.45) is 5.41 Å². The van der Waals surface area contributed by atoms with Crippen molar-refractivity contribution in [1.82, 2.24) is 4.90 Å². The van der Waals surface area contributed by atoms with Crippen LogP contribution in [0.3, 0.4) is 0 Å². The van der Waals surface area contributed by atoms with Crippen LogP contribution in [0.15, 0.2) is 0 Å². The molecule has 1 unspecified atom stereocenters. The molecule has 3 nitrogen and oxygen atoms in total. The van der Waals surface area contributed by atoms with Gasteiger partial charge in [0.05, 0.1) is 0 Å². The van der Waals surface area contributed by atoms with Gasteiger partial charge in [-0.2, -0.15) is 0 Å². The summed E-state index contributed by atoms with van der Waals surface area (Å²) in [7, 11) is 1.92. The summed E-state index contributed by atoms with van der Waals surface area (Å²) in [5.74, 6) is -0.666. The number of fused-ring (bicyclic) bond motifs is 1. The van der Waals surface area contributed by atoms with Gasteiger partial charge in [-0.05, 0) is 25.3 Å². The van der Waals surface area contributed by atoms with E-state index in [1.807, 2.05) is 11.9 Å². The zero-order chi connectivity index (χ0) is 8.22.